The van der Waals surface area contributed by atoms with Gasteiger partial charge in [0.1, 0.15) is 15.7 Å². The van der Waals surface area contributed by atoms with Crippen molar-refractivity contribution >= 4 is 32.3 Å². The predicted octanol–water partition coefficient (Wildman–Crippen LogP) is 3.17. The summed E-state index contributed by atoms with van der Waals surface area (Å²) < 4.78 is 44.5. The zero-order valence-electron chi connectivity index (χ0n) is 11.9. The average molecular weight is 343 g/mol. The summed E-state index contributed by atoms with van der Waals surface area (Å²) >= 11 is 0.993. The third-order valence-corrected chi connectivity index (χ3v) is 5.38. The smallest absolute Gasteiger partial charge is 0.348 e. The van der Waals surface area contributed by atoms with E-state index < -0.39 is 21.8 Å². The molecule has 1 N–H and O–H groups in total. The molecule has 5 nitrogen and oxygen atoms in total. The Morgan fingerprint density at radius 1 is 1.32 bits per heavy atom. The molecule has 0 unspecified atom stereocenters. The van der Waals surface area contributed by atoms with Crippen molar-refractivity contribution in [1.82, 2.24) is 0 Å². The van der Waals surface area contributed by atoms with Gasteiger partial charge in [0.15, 0.2) is 0 Å². The van der Waals surface area contributed by atoms with Crippen LogP contribution in [0.3, 0.4) is 0 Å². The third kappa shape index (κ3) is 3.63. The van der Waals surface area contributed by atoms with E-state index >= 15 is 0 Å². The Labute approximate surface area is 131 Å². The lowest BCUT2D eigenvalue weighted by atomic mass is 10.3. The zero-order valence-corrected chi connectivity index (χ0v) is 13.6. The average Bonchev–Trinajstić information content (AvgIpc) is 2.79. The van der Waals surface area contributed by atoms with E-state index in [9.17, 15) is 17.6 Å². The molecule has 0 spiro atoms. The fourth-order valence-electron chi connectivity index (χ4n) is 1.74. The van der Waals surface area contributed by atoms with E-state index in [2.05, 4.69) is 4.72 Å². The van der Waals surface area contributed by atoms with Crippen molar-refractivity contribution in [3.63, 3.8) is 0 Å². The highest BCUT2D eigenvalue weighted by Crippen LogP contribution is 2.29. The van der Waals surface area contributed by atoms with Gasteiger partial charge in [-0.25, -0.2) is 17.6 Å². The van der Waals surface area contributed by atoms with Gasteiger partial charge >= 0.3 is 5.97 Å². The van der Waals surface area contributed by atoms with Crippen LogP contribution < -0.4 is 4.72 Å². The van der Waals surface area contributed by atoms with E-state index in [-0.39, 0.29) is 11.5 Å². The number of carbonyl (C=O) groups is 1. The predicted molar refractivity (Wildman–Crippen MR) is 82.2 cm³/mol. The highest BCUT2D eigenvalue weighted by molar-refractivity contribution is 7.93. The summed E-state index contributed by atoms with van der Waals surface area (Å²) in [5.74, 6) is -1.01. The molecule has 1 aromatic heterocycles. The van der Waals surface area contributed by atoms with Crippen LogP contribution in [0.15, 0.2) is 35.2 Å². The lowest BCUT2D eigenvalue weighted by molar-refractivity contribution is 0.0531. The summed E-state index contributed by atoms with van der Waals surface area (Å²) in [5, 5.41) is 0.296. The number of ether oxygens (including phenoxy) is 1. The van der Waals surface area contributed by atoms with Crippen LogP contribution in [0.2, 0.25) is 0 Å². The second-order valence-electron chi connectivity index (χ2n) is 4.40. The molecule has 2 rings (SSSR count). The standard InChI is InChI=1S/C14H14FNO4S2/c1-3-20-14(17)13-9(2)8-12(21-13)16-22(18,19)11-6-4-10(15)5-7-11/h4-8,16H,3H2,1-2H3. The first-order valence-corrected chi connectivity index (χ1v) is 8.69. The first-order chi connectivity index (χ1) is 10.3. The van der Waals surface area contributed by atoms with Gasteiger partial charge in [0, 0.05) is 0 Å². The SMILES string of the molecule is CCOC(=O)c1sc(NS(=O)(=O)c2ccc(F)cc2)cc1C. The number of anilines is 1. The summed E-state index contributed by atoms with van der Waals surface area (Å²) in [7, 11) is -3.83. The van der Waals surface area contributed by atoms with Crippen molar-refractivity contribution in [2.45, 2.75) is 18.7 Å². The molecule has 0 atom stereocenters. The number of halogens is 1. The van der Waals surface area contributed by atoms with E-state index in [1.54, 1.807) is 19.9 Å². The maximum atomic E-state index is 12.9. The number of esters is 1. The van der Waals surface area contributed by atoms with Gasteiger partial charge in [-0.05, 0) is 49.7 Å². The highest BCUT2D eigenvalue weighted by Gasteiger charge is 2.19. The molecule has 1 heterocycles. The minimum absolute atomic E-state index is 0.0577. The molecule has 0 aliphatic carbocycles. The fraction of sp³-hybridized carbons (Fsp3) is 0.214. The molecular weight excluding hydrogens is 329 g/mol. The lowest BCUT2D eigenvalue weighted by Gasteiger charge is -2.05. The maximum absolute atomic E-state index is 12.9. The van der Waals surface area contributed by atoms with Crippen LogP contribution in [0.25, 0.3) is 0 Å². The Morgan fingerprint density at radius 3 is 2.55 bits per heavy atom. The van der Waals surface area contributed by atoms with Gasteiger partial charge in [0.25, 0.3) is 10.0 Å². The van der Waals surface area contributed by atoms with Crippen LogP contribution in [0.1, 0.15) is 22.2 Å². The molecule has 8 heteroatoms. The van der Waals surface area contributed by atoms with E-state index in [1.807, 2.05) is 0 Å². The Kier molecular flexibility index (Phi) is 4.82. The normalized spacial score (nSPS) is 11.2. The molecule has 0 amide bonds. The monoisotopic (exact) mass is 343 g/mol. The molecule has 0 radical (unpaired) electrons. The van der Waals surface area contributed by atoms with Gasteiger partial charge in [-0.15, -0.1) is 11.3 Å². The minimum Gasteiger partial charge on any atom is -0.462 e. The topological polar surface area (TPSA) is 72.5 Å². The van der Waals surface area contributed by atoms with Crippen LogP contribution in [0.4, 0.5) is 9.39 Å². The molecule has 22 heavy (non-hydrogen) atoms. The van der Waals surface area contributed by atoms with Crippen molar-refractivity contribution in [3.05, 3.63) is 46.6 Å². The Balaban J connectivity index is 2.25. The third-order valence-electron chi connectivity index (χ3n) is 2.74. The molecule has 0 aliphatic heterocycles. The van der Waals surface area contributed by atoms with Crippen LogP contribution >= 0.6 is 11.3 Å². The fourth-order valence-corrected chi connectivity index (χ4v) is 3.99. The summed E-state index contributed by atoms with van der Waals surface area (Å²) in [6.07, 6.45) is 0. The van der Waals surface area contributed by atoms with Gasteiger partial charge < -0.3 is 4.74 Å². The lowest BCUT2D eigenvalue weighted by Crippen LogP contribution is -2.11. The second-order valence-corrected chi connectivity index (χ2v) is 7.14. The first kappa shape index (κ1) is 16.4. The second kappa shape index (κ2) is 6.45. The van der Waals surface area contributed by atoms with Crippen molar-refractivity contribution < 1.29 is 22.3 Å². The molecule has 0 bridgehead atoms. The number of sulfonamides is 1. The van der Waals surface area contributed by atoms with Crippen molar-refractivity contribution in [3.8, 4) is 0 Å². The van der Waals surface area contributed by atoms with Crippen LogP contribution in [-0.4, -0.2) is 21.0 Å². The molecule has 0 aliphatic rings. The number of benzene rings is 1. The molecule has 0 fully saturated rings. The molecule has 1 aromatic carbocycles. The number of rotatable bonds is 5. The highest BCUT2D eigenvalue weighted by atomic mass is 32.2. The molecule has 0 saturated heterocycles. The number of aryl methyl sites for hydroxylation is 1. The molecule has 2 aromatic rings. The minimum atomic E-state index is -3.83. The van der Waals surface area contributed by atoms with Gasteiger partial charge in [-0.2, -0.15) is 0 Å². The van der Waals surface area contributed by atoms with Crippen LogP contribution in [0, 0.1) is 12.7 Å². The molecule has 118 valence electrons. The number of hydrogen-bond donors (Lipinski definition) is 1. The summed E-state index contributed by atoms with van der Waals surface area (Å²) in [6, 6.07) is 6.03. The summed E-state index contributed by atoms with van der Waals surface area (Å²) in [6.45, 7) is 3.63. The zero-order chi connectivity index (χ0) is 16.3. The number of nitrogens with one attached hydrogen (secondary N) is 1. The largest absolute Gasteiger partial charge is 0.462 e. The van der Waals surface area contributed by atoms with Crippen LogP contribution in [-0.2, 0) is 14.8 Å². The quantitative estimate of drug-likeness (QED) is 0.847. The van der Waals surface area contributed by atoms with Gasteiger partial charge in [-0.3, -0.25) is 4.72 Å². The van der Waals surface area contributed by atoms with E-state index in [1.165, 1.54) is 12.1 Å². The van der Waals surface area contributed by atoms with Crippen molar-refractivity contribution in [2.24, 2.45) is 0 Å². The maximum Gasteiger partial charge on any atom is 0.348 e. The van der Waals surface area contributed by atoms with E-state index in [4.69, 9.17) is 4.74 Å². The van der Waals surface area contributed by atoms with Crippen molar-refractivity contribution in [2.75, 3.05) is 11.3 Å². The molecular formula is C14H14FNO4S2. The Bertz CT molecular complexity index is 782. The van der Waals surface area contributed by atoms with E-state index in [0.29, 0.717) is 15.4 Å². The number of hydrogen-bond acceptors (Lipinski definition) is 5. The number of carbonyl (C=O) groups excluding carboxylic acids is 1. The molecule has 0 saturated carbocycles. The summed E-state index contributed by atoms with van der Waals surface area (Å²) in [5.41, 5.74) is 0.625. The number of thiophene rings is 1. The van der Waals surface area contributed by atoms with Crippen LogP contribution in [0.5, 0.6) is 0 Å². The Hall–Kier alpha value is -1.93. The van der Waals surface area contributed by atoms with Gasteiger partial charge in [0.2, 0.25) is 0 Å². The van der Waals surface area contributed by atoms with Crippen molar-refractivity contribution in [1.29, 1.82) is 0 Å². The summed E-state index contributed by atoms with van der Waals surface area (Å²) in [4.78, 5) is 12.0. The van der Waals surface area contributed by atoms with Gasteiger partial charge in [0.05, 0.1) is 11.5 Å². The van der Waals surface area contributed by atoms with E-state index in [0.717, 1.165) is 23.5 Å². The van der Waals surface area contributed by atoms with Gasteiger partial charge in [-0.1, -0.05) is 0 Å². The first-order valence-electron chi connectivity index (χ1n) is 6.39. The Morgan fingerprint density at radius 2 is 1.95 bits per heavy atom.